The number of aromatic nitrogens is 1. The molecule has 1 fully saturated rings. The molecule has 2 atom stereocenters. The highest BCUT2D eigenvalue weighted by Gasteiger charge is 2.39. The third-order valence-corrected chi connectivity index (χ3v) is 8.03. The monoisotopic (exact) mass is 425 g/mol. The molecule has 4 heterocycles. The molecule has 30 heavy (non-hydrogen) atoms. The molecule has 3 aromatic rings. The Hall–Kier alpha value is -1.69. The summed E-state index contributed by atoms with van der Waals surface area (Å²) in [4.78, 5) is 8.93. The van der Waals surface area contributed by atoms with E-state index in [2.05, 4.69) is 58.5 Å². The van der Waals surface area contributed by atoms with Crippen molar-refractivity contribution >= 4 is 22.2 Å². The van der Waals surface area contributed by atoms with E-state index in [0.717, 1.165) is 19.5 Å². The topological polar surface area (TPSA) is 31.1 Å². The highest BCUT2D eigenvalue weighted by molar-refractivity contribution is 7.12. The van der Waals surface area contributed by atoms with Crippen LogP contribution in [0.2, 0.25) is 0 Å². The van der Waals surface area contributed by atoms with Gasteiger partial charge in [0.2, 0.25) is 0 Å². The molecule has 2 aliphatic heterocycles. The second kappa shape index (κ2) is 7.77. The number of fused-ring (bicyclic) bond motifs is 3. The zero-order chi connectivity index (χ0) is 20.9. The Morgan fingerprint density at radius 2 is 1.83 bits per heavy atom. The summed E-state index contributed by atoms with van der Waals surface area (Å²) in [6.45, 7) is 8.30. The van der Waals surface area contributed by atoms with Gasteiger partial charge in [-0.1, -0.05) is 18.2 Å². The Bertz CT molecular complexity index is 1020. The average Bonchev–Trinajstić information content (AvgIpc) is 3.33. The van der Waals surface area contributed by atoms with Gasteiger partial charge >= 0.3 is 0 Å². The first-order valence-corrected chi connectivity index (χ1v) is 12.1. The van der Waals surface area contributed by atoms with Crippen molar-refractivity contribution in [1.29, 1.82) is 0 Å². The molecule has 2 aliphatic rings. The molecule has 5 rings (SSSR count). The second-order valence-corrected chi connectivity index (χ2v) is 10.8. The van der Waals surface area contributed by atoms with Crippen molar-refractivity contribution in [3.05, 3.63) is 57.4 Å². The van der Waals surface area contributed by atoms with Crippen LogP contribution in [0.1, 0.15) is 66.6 Å². The third kappa shape index (κ3) is 3.72. The summed E-state index contributed by atoms with van der Waals surface area (Å²) in [7, 11) is 0. The lowest BCUT2D eigenvalue weighted by Crippen LogP contribution is -2.47. The fourth-order valence-electron chi connectivity index (χ4n) is 5.34. The highest BCUT2D eigenvalue weighted by atomic mass is 32.1. The summed E-state index contributed by atoms with van der Waals surface area (Å²) < 4.78 is 14.9. The second-order valence-electron chi connectivity index (χ2n) is 9.67. The summed E-state index contributed by atoms with van der Waals surface area (Å²) in [6, 6.07) is 13.6. The van der Waals surface area contributed by atoms with Crippen molar-refractivity contribution in [3.63, 3.8) is 0 Å². The molecule has 0 saturated carbocycles. The van der Waals surface area contributed by atoms with Gasteiger partial charge in [-0.05, 0) is 82.8 Å². The number of benzene rings is 1. The van der Waals surface area contributed by atoms with E-state index in [1.165, 1.54) is 44.8 Å². The summed E-state index contributed by atoms with van der Waals surface area (Å²) in [5, 5.41) is 4.79. The van der Waals surface area contributed by atoms with E-state index in [4.69, 9.17) is 0 Å². The van der Waals surface area contributed by atoms with Gasteiger partial charge in [-0.2, -0.15) is 0 Å². The molecule has 0 aliphatic carbocycles. The van der Waals surface area contributed by atoms with Gasteiger partial charge in [0, 0.05) is 38.9 Å². The Labute approximate surface area is 182 Å². The molecular weight excluding hydrogens is 393 g/mol. The van der Waals surface area contributed by atoms with Crippen LogP contribution in [0.4, 0.5) is 4.39 Å². The minimum atomic E-state index is -1.23. The molecule has 2 N–H and O–H groups in total. The molecule has 1 saturated heterocycles. The Kier molecular flexibility index (Phi) is 5.24. The molecule has 0 radical (unpaired) electrons. The van der Waals surface area contributed by atoms with Gasteiger partial charge in [0.05, 0.1) is 6.04 Å². The number of nitrogens with zero attached hydrogens (tertiary/aromatic N) is 1. The molecule has 0 unspecified atom stereocenters. The van der Waals surface area contributed by atoms with Crippen LogP contribution in [0, 0.1) is 0 Å². The number of hydrogen-bond acceptors (Lipinski definition) is 3. The Morgan fingerprint density at radius 1 is 1.10 bits per heavy atom. The number of halogens is 1. The van der Waals surface area contributed by atoms with Gasteiger partial charge in [-0.25, -0.2) is 4.39 Å². The van der Waals surface area contributed by atoms with Crippen molar-refractivity contribution in [1.82, 2.24) is 15.2 Å². The maximum absolute atomic E-state index is 14.9. The predicted octanol–water partition coefficient (Wildman–Crippen LogP) is 5.78. The molecule has 5 heteroatoms. The van der Waals surface area contributed by atoms with E-state index in [0.29, 0.717) is 18.5 Å². The summed E-state index contributed by atoms with van der Waals surface area (Å²) in [5.41, 5.74) is 2.63. The highest BCUT2D eigenvalue weighted by Crippen LogP contribution is 2.44. The van der Waals surface area contributed by atoms with E-state index in [1.54, 1.807) is 13.8 Å². The number of hydrogen-bond donors (Lipinski definition) is 2. The minimum absolute atomic E-state index is 0.0895. The van der Waals surface area contributed by atoms with E-state index in [9.17, 15) is 4.39 Å². The Morgan fingerprint density at radius 3 is 2.60 bits per heavy atom. The SMILES string of the molecule is C[C@@H]1Cc2c([nH]c3ccccc23)[C@@H](c2ccc(C3CCNCC3)s2)N1CC(C)(C)F. The molecule has 2 aromatic heterocycles. The fraction of sp³-hybridized carbons (Fsp3) is 0.520. The number of H-pyrrole nitrogens is 1. The van der Waals surface area contributed by atoms with E-state index >= 15 is 0 Å². The number of aromatic amines is 1. The standard InChI is InChI=1S/C25H32FN3S/c1-16-14-19-18-6-4-5-7-20(18)28-23(19)24(29(16)15-25(2,3)26)22-9-8-21(30-22)17-10-12-27-13-11-17/h4-9,16-17,24,27-28H,10-15H2,1-3H3/t16-,24-/m1/s1. The fourth-order valence-corrected chi connectivity index (χ4v) is 6.65. The average molecular weight is 426 g/mol. The lowest BCUT2D eigenvalue weighted by atomic mass is 9.90. The summed E-state index contributed by atoms with van der Waals surface area (Å²) in [6.07, 6.45) is 3.37. The molecule has 160 valence electrons. The lowest BCUT2D eigenvalue weighted by molar-refractivity contribution is 0.0679. The van der Waals surface area contributed by atoms with E-state index in [-0.39, 0.29) is 6.04 Å². The quantitative estimate of drug-likeness (QED) is 0.555. The van der Waals surface area contributed by atoms with Crippen LogP contribution >= 0.6 is 11.3 Å². The van der Waals surface area contributed by atoms with Crippen molar-refractivity contribution in [2.75, 3.05) is 19.6 Å². The molecule has 0 amide bonds. The van der Waals surface area contributed by atoms with Crippen LogP contribution in [-0.4, -0.2) is 41.2 Å². The summed E-state index contributed by atoms with van der Waals surface area (Å²) in [5.74, 6) is 0.652. The minimum Gasteiger partial charge on any atom is -0.357 e. The summed E-state index contributed by atoms with van der Waals surface area (Å²) >= 11 is 1.94. The lowest BCUT2D eigenvalue weighted by Gasteiger charge is -2.42. The number of piperidine rings is 1. The van der Waals surface area contributed by atoms with Gasteiger partial charge in [0.25, 0.3) is 0 Å². The molecular formula is C25H32FN3S. The number of nitrogens with one attached hydrogen (secondary N) is 2. The number of rotatable bonds is 4. The van der Waals surface area contributed by atoms with Crippen LogP contribution in [0.15, 0.2) is 36.4 Å². The van der Waals surface area contributed by atoms with Crippen LogP contribution in [0.25, 0.3) is 10.9 Å². The number of para-hydroxylation sites is 1. The Balaban J connectivity index is 1.59. The van der Waals surface area contributed by atoms with E-state index in [1.807, 2.05) is 11.3 Å². The van der Waals surface area contributed by atoms with Gasteiger partial charge in [0.15, 0.2) is 0 Å². The van der Waals surface area contributed by atoms with Crippen LogP contribution < -0.4 is 5.32 Å². The predicted molar refractivity (Wildman–Crippen MR) is 124 cm³/mol. The van der Waals surface area contributed by atoms with Crippen molar-refractivity contribution in [3.8, 4) is 0 Å². The van der Waals surface area contributed by atoms with Crippen LogP contribution in [0.3, 0.4) is 0 Å². The smallest absolute Gasteiger partial charge is 0.118 e. The maximum Gasteiger partial charge on any atom is 0.118 e. The van der Waals surface area contributed by atoms with Crippen LogP contribution in [0.5, 0.6) is 0 Å². The van der Waals surface area contributed by atoms with Crippen LogP contribution in [-0.2, 0) is 6.42 Å². The van der Waals surface area contributed by atoms with Gasteiger partial charge in [-0.3, -0.25) is 4.90 Å². The van der Waals surface area contributed by atoms with Crippen molar-refractivity contribution < 1.29 is 4.39 Å². The first-order valence-electron chi connectivity index (χ1n) is 11.3. The number of alkyl halides is 1. The number of thiophene rings is 1. The zero-order valence-electron chi connectivity index (χ0n) is 18.2. The first-order chi connectivity index (χ1) is 14.4. The van der Waals surface area contributed by atoms with Gasteiger partial charge in [0.1, 0.15) is 5.67 Å². The van der Waals surface area contributed by atoms with E-state index < -0.39 is 5.67 Å². The zero-order valence-corrected chi connectivity index (χ0v) is 19.0. The van der Waals surface area contributed by atoms with Gasteiger partial charge in [-0.15, -0.1) is 11.3 Å². The molecule has 3 nitrogen and oxygen atoms in total. The maximum atomic E-state index is 14.9. The normalized spacial score (nSPS) is 23.7. The third-order valence-electron chi connectivity index (χ3n) is 6.73. The van der Waals surface area contributed by atoms with Gasteiger partial charge < -0.3 is 10.3 Å². The molecule has 1 aromatic carbocycles. The molecule has 0 bridgehead atoms. The largest absolute Gasteiger partial charge is 0.357 e. The first kappa shape index (κ1) is 20.2. The van der Waals surface area contributed by atoms with Crippen molar-refractivity contribution in [2.24, 2.45) is 0 Å². The van der Waals surface area contributed by atoms with Crippen molar-refractivity contribution in [2.45, 2.75) is 63.7 Å². The molecule has 0 spiro atoms.